The zero-order valence-corrected chi connectivity index (χ0v) is 18.3. The molecule has 0 aromatic heterocycles. The predicted molar refractivity (Wildman–Crippen MR) is 109 cm³/mol. The van der Waals surface area contributed by atoms with E-state index in [4.69, 9.17) is 9.47 Å². The molecular formula is C21H36N2O4. The van der Waals surface area contributed by atoms with Crippen LogP contribution < -0.4 is 10.6 Å². The van der Waals surface area contributed by atoms with Crippen LogP contribution in [0.5, 0.6) is 0 Å². The van der Waals surface area contributed by atoms with Crippen molar-refractivity contribution in [2.24, 2.45) is 0 Å². The van der Waals surface area contributed by atoms with Crippen molar-refractivity contribution < 1.29 is 19.1 Å². The molecule has 0 radical (unpaired) electrons. The molecule has 27 heavy (non-hydrogen) atoms. The van der Waals surface area contributed by atoms with Gasteiger partial charge in [0.1, 0.15) is 11.2 Å². The predicted octanol–water partition coefficient (Wildman–Crippen LogP) is 5.07. The van der Waals surface area contributed by atoms with Gasteiger partial charge in [-0.1, -0.05) is 37.6 Å². The average molecular weight is 381 g/mol. The fourth-order valence-electron chi connectivity index (χ4n) is 2.13. The van der Waals surface area contributed by atoms with Crippen molar-refractivity contribution in [2.45, 2.75) is 86.6 Å². The van der Waals surface area contributed by atoms with Gasteiger partial charge in [-0.2, -0.15) is 0 Å². The number of nitrogens with one attached hydrogen (secondary N) is 2. The molecule has 0 atom stereocenters. The molecule has 2 amide bonds. The Morgan fingerprint density at radius 3 is 1.41 bits per heavy atom. The van der Waals surface area contributed by atoms with E-state index >= 15 is 0 Å². The fourth-order valence-corrected chi connectivity index (χ4v) is 2.13. The molecule has 2 N–H and O–H groups in total. The molecule has 1 aromatic rings. The summed E-state index contributed by atoms with van der Waals surface area (Å²) in [5.74, 6) is 0. The second kappa shape index (κ2) is 10.8. The molecule has 0 saturated carbocycles. The van der Waals surface area contributed by atoms with E-state index < -0.39 is 23.4 Å². The van der Waals surface area contributed by atoms with Crippen molar-refractivity contribution in [3.8, 4) is 0 Å². The number of benzene rings is 1. The van der Waals surface area contributed by atoms with Gasteiger partial charge in [0.05, 0.1) is 0 Å². The summed E-state index contributed by atoms with van der Waals surface area (Å²) in [6.07, 6.45) is -0.912. The number of carbonyl (C=O) groups is 2. The third-order valence-corrected chi connectivity index (χ3v) is 2.87. The van der Waals surface area contributed by atoms with Crippen LogP contribution in [0.1, 0.15) is 72.1 Å². The number of alkyl carbamates (subject to hydrolysis) is 2. The summed E-state index contributed by atoms with van der Waals surface area (Å²) in [6.45, 7) is 17.6. The zero-order valence-electron chi connectivity index (χ0n) is 18.3. The van der Waals surface area contributed by atoms with Crippen LogP contribution in [0.2, 0.25) is 0 Å². The van der Waals surface area contributed by atoms with E-state index in [0.29, 0.717) is 13.1 Å². The maximum atomic E-state index is 11.7. The molecule has 0 saturated heterocycles. The zero-order chi connectivity index (χ0) is 21.3. The molecule has 0 aliphatic rings. The smallest absolute Gasteiger partial charge is 0.407 e. The number of carbonyl (C=O) groups excluding carboxylic acids is 2. The summed E-state index contributed by atoms with van der Waals surface area (Å²) in [6, 6.07) is 5.89. The van der Waals surface area contributed by atoms with Crippen molar-refractivity contribution in [3.05, 3.63) is 34.9 Å². The van der Waals surface area contributed by atoms with Gasteiger partial charge >= 0.3 is 12.2 Å². The summed E-state index contributed by atoms with van der Waals surface area (Å²) < 4.78 is 10.4. The average Bonchev–Trinajstić information content (AvgIpc) is 2.49. The van der Waals surface area contributed by atoms with Crippen LogP contribution in [0.25, 0.3) is 0 Å². The summed E-state index contributed by atoms with van der Waals surface area (Å²) in [4.78, 5) is 23.5. The maximum absolute atomic E-state index is 11.7. The van der Waals surface area contributed by atoms with Crippen LogP contribution in [0.3, 0.4) is 0 Å². The van der Waals surface area contributed by atoms with Gasteiger partial charge in [-0.05, 0) is 59.6 Å². The summed E-state index contributed by atoms with van der Waals surface area (Å²) in [7, 11) is 0. The second-order valence-corrected chi connectivity index (χ2v) is 8.04. The highest BCUT2D eigenvalue weighted by Crippen LogP contribution is 2.12. The topological polar surface area (TPSA) is 76.7 Å². The van der Waals surface area contributed by atoms with Gasteiger partial charge in [0.2, 0.25) is 0 Å². The number of ether oxygens (including phenoxy) is 2. The normalized spacial score (nSPS) is 11.0. The van der Waals surface area contributed by atoms with Crippen LogP contribution in [-0.4, -0.2) is 23.4 Å². The maximum Gasteiger partial charge on any atom is 0.407 e. The molecule has 6 heteroatoms. The largest absolute Gasteiger partial charge is 0.444 e. The van der Waals surface area contributed by atoms with E-state index in [-0.39, 0.29) is 0 Å². The first-order chi connectivity index (χ1) is 12.3. The van der Waals surface area contributed by atoms with Gasteiger partial charge in [-0.3, -0.25) is 0 Å². The Balaban J connectivity index is 0.00000326. The van der Waals surface area contributed by atoms with Crippen LogP contribution in [-0.2, 0) is 22.6 Å². The van der Waals surface area contributed by atoms with Crippen molar-refractivity contribution in [2.75, 3.05) is 0 Å². The van der Waals surface area contributed by atoms with Crippen LogP contribution in [0.15, 0.2) is 18.2 Å². The molecule has 0 aliphatic carbocycles. The highest BCUT2D eigenvalue weighted by molar-refractivity contribution is 5.68. The molecule has 0 aliphatic heterocycles. The molecule has 1 aromatic carbocycles. The molecule has 0 bridgehead atoms. The number of amides is 2. The Bertz CT molecular complexity index is 563. The van der Waals surface area contributed by atoms with Crippen LogP contribution >= 0.6 is 0 Å². The summed E-state index contributed by atoms with van der Waals surface area (Å²) in [5, 5.41) is 5.47. The van der Waals surface area contributed by atoms with Crippen LogP contribution in [0.4, 0.5) is 9.59 Å². The van der Waals surface area contributed by atoms with Gasteiger partial charge in [0.25, 0.3) is 0 Å². The standard InChI is InChI=1S/C19H30N2O4.C2H6/c1-13-8-14(11-20-16(22)24-18(2,3)4)10-15(9-13)12-21-17(23)25-19(5,6)7;1-2/h8-10H,11-12H2,1-7H3,(H,20,22)(H,21,23);1-2H3. The minimum atomic E-state index is -0.529. The Hall–Kier alpha value is -2.24. The highest BCUT2D eigenvalue weighted by Gasteiger charge is 2.17. The van der Waals surface area contributed by atoms with Gasteiger partial charge in [-0.15, -0.1) is 0 Å². The Morgan fingerprint density at radius 2 is 1.11 bits per heavy atom. The fraction of sp³-hybridized carbons (Fsp3) is 0.619. The first kappa shape index (κ1) is 24.8. The Labute approximate surface area is 164 Å². The first-order valence-corrected chi connectivity index (χ1v) is 9.37. The van der Waals surface area contributed by atoms with Crippen molar-refractivity contribution >= 4 is 12.2 Å². The van der Waals surface area contributed by atoms with E-state index in [9.17, 15) is 9.59 Å². The monoisotopic (exact) mass is 380 g/mol. The minimum Gasteiger partial charge on any atom is -0.444 e. The van der Waals surface area contributed by atoms with Crippen LogP contribution in [0, 0.1) is 6.92 Å². The third-order valence-electron chi connectivity index (χ3n) is 2.87. The van der Waals surface area contributed by atoms with E-state index in [2.05, 4.69) is 10.6 Å². The minimum absolute atomic E-state index is 0.357. The molecule has 1 rings (SSSR count). The highest BCUT2D eigenvalue weighted by atomic mass is 16.6. The molecule has 0 fully saturated rings. The number of rotatable bonds is 4. The molecule has 0 unspecified atom stereocenters. The van der Waals surface area contributed by atoms with Crippen molar-refractivity contribution in [1.29, 1.82) is 0 Å². The van der Waals surface area contributed by atoms with E-state index in [0.717, 1.165) is 16.7 Å². The lowest BCUT2D eigenvalue weighted by Gasteiger charge is -2.20. The molecule has 6 nitrogen and oxygen atoms in total. The molecule has 0 heterocycles. The van der Waals surface area contributed by atoms with Crippen molar-refractivity contribution in [1.82, 2.24) is 10.6 Å². The van der Waals surface area contributed by atoms with E-state index in [1.54, 1.807) is 0 Å². The SMILES string of the molecule is CC.Cc1cc(CNC(=O)OC(C)(C)C)cc(CNC(=O)OC(C)(C)C)c1. The van der Waals surface area contributed by atoms with Gasteiger partial charge in [0.15, 0.2) is 0 Å². The third kappa shape index (κ3) is 12.7. The quantitative estimate of drug-likeness (QED) is 0.764. The Morgan fingerprint density at radius 1 is 0.778 bits per heavy atom. The molecule has 0 spiro atoms. The number of hydrogen-bond donors (Lipinski definition) is 2. The van der Waals surface area contributed by atoms with Gasteiger partial charge < -0.3 is 20.1 Å². The second-order valence-electron chi connectivity index (χ2n) is 8.04. The lowest BCUT2D eigenvalue weighted by molar-refractivity contribution is 0.0513. The Kier molecular flexibility index (Phi) is 9.90. The summed E-state index contributed by atoms with van der Waals surface area (Å²) in [5.41, 5.74) is 1.86. The molecular weight excluding hydrogens is 344 g/mol. The van der Waals surface area contributed by atoms with E-state index in [1.165, 1.54) is 0 Å². The van der Waals surface area contributed by atoms with E-state index in [1.807, 2.05) is 80.5 Å². The lowest BCUT2D eigenvalue weighted by Crippen LogP contribution is -2.32. The van der Waals surface area contributed by atoms with Crippen molar-refractivity contribution in [3.63, 3.8) is 0 Å². The lowest BCUT2D eigenvalue weighted by atomic mass is 10.1. The van der Waals surface area contributed by atoms with Gasteiger partial charge in [0, 0.05) is 13.1 Å². The summed E-state index contributed by atoms with van der Waals surface area (Å²) >= 11 is 0. The molecule has 154 valence electrons. The number of hydrogen-bond acceptors (Lipinski definition) is 4. The van der Waals surface area contributed by atoms with Gasteiger partial charge in [-0.25, -0.2) is 9.59 Å². The first-order valence-electron chi connectivity index (χ1n) is 9.37. The number of aryl methyl sites for hydroxylation is 1.